The molecule has 6 nitrogen and oxygen atoms in total. The third-order valence-electron chi connectivity index (χ3n) is 3.32. The molecule has 0 saturated heterocycles. The lowest BCUT2D eigenvalue weighted by Crippen LogP contribution is -2.09. The average Bonchev–Trinajstić information content (AvgIpc) is 3.21. The van der Waals surface area contributed by atoms with E-state index in [9.17, 15) is 0 Å². The molecule has 2 heterocycles. The second-order valence-electron chi connectivity index (χ2n) is 6.46. The summed E-state index contributed by atoms with van der Waals surface area (Å²) < 4.78 is 11.4. The lowest BCUT2D eigenvalue weighted by molar-refractivity contribution is 0.296. The fraction of sp³-hybridized carbons (Fsp3) is 0.353. The third kappa shape index (κ3) is 4.99. The molecule has 3 rings (SSSR count). The normalized spacial score (nSPS) is 11.7. The highest BCUT2D eigenvalue weighted by atomic mass is 35.5. The lowest BCUT2D eigenvalue weighted by atomic mass is 9.94. The number of hydrogen-bond acceptors (Lipinski definition) is 6. The summed E-state index contributed by atoms with van der Waals surface area (Å²) in [5.74, 6) is 3.49. The van der Waals surface area contributed by atoms with Gasteiger partial charge < -0.3 is 9.15 Å². The van der Waals surface area contributed by atoms with Crippen LogP contribution in [0, 0.1) is 0 Å². The number of nitrogens with one attached hydrogen (secondary N) is 1. The summed E-state index contributed by atoms with van der Waals surface area (Å²) in [6.07, 6.45) is 1.78. The van der Waals surface area contributed by atoms with Crippen LogP contribution in [0.25, 0.3) is 0 Å². The fourth-order valence-electron chi connectivity index (χ4n) is 1.94. The maximum Gasteiger partial charge on any atom is 0.209 e. The molecule has 3 aromatic rings. The molecule has 0 aliphatic rings. The van der Waals surface area contributed by atoms with Crippen LogP contribution in [-0.2, 0) is 17.8 Å². The third-order valence-corrected chi connectivity index (χ3v) is 4.40. The van der Waals surface area contributed by atoms with Crippen molar-refractivity contribution in [1.82, 2.24) is 20.2 Å². The second kappa shape index (κ2) is 7.49. The number of nitrogens with zero attached hydrogens (tertiary/aromatic N) is 3. The van der Waals surface area contributed by atoms with Gasteiger partial charge in [0.2, 0.25) is 11.0 Å². The van der Waals surface area contributed by atoms with E-state index in [2.05, 4.69) is 40.9 Å². The van der Waals surface area contributed by atoms with E-state index in [1.165, 1.54) is 11.8 Å². The number of ether oxygens (including phenoxy) is 1. The van der Waals surface area contributed by atoms with Gasteiger partial charge in [0.25, 0.3) is 0 Å². The highest BCUT2D eigenvalue weighted by Gasteiger charge is 2.19. The predicted molar refractivity (Wildman–Crippen MR) is 96.9 cm³/mol. The van der Waals surface area contributed by atoms with Crippen LogP contribution in [0.5, 0.6) is 5.75 Å². The van der Waals surface area contributed by atoms with Crippen molar-refractivity contribution in [3.05, 3.63) is 53.0 Å². The number of rotatable bonds is 6. The lowest BCUT2D eigenvalue weighted by Gasteiger charge is -2.12. The first-order valence-electron chi connectivity index (χ1n) is 7.78. The van der Waals surface area contributed by atoms with Crippen LogP contribution in [0.1, 0.15) is 38.2 Å². The molecule has 132 valence electrons. The molecule has 0 atom stereocenters. The topological polar surface area (TPSA) is 76.8 Å². The van der Waals surface area contributed by atoms with Gasteiger partial charge in [-0.15, -0.1) is 5.10 Å². The SMILES string of the molecule is CC(C)(C)c1cnc(CSc2n[nH]c(COc3ccc(Cl)cc3)n2)o1. The van der Waals surface area contributed by atoms with Gasteiger partial charge in [0.15, 0.2) is 5.82 Å². The van der Waals surface area contributed by atoms with E-state index in [1.54, 1.807) is 18.3 Å². The van der Waals surface area contributed by atoms with Gasteiger partial charge in [0, 0.05) is 10.4 Å². The maximum atomic E-state index is 5.84. The first kappa shape index (κ1) is 17.8. The number of H-pyrrole nitrogens is 1. The molecule has 0 unspecified atom stereocenters. The average molecular weight is 379 g/mol. The van der Waals surface area contributed by atoms with Crippen LogP contribution >= 0.6 is 23.4 Å². The summed E-state index contributed by atoms with van der Waals surface area (Å²) in [4.78, 5) is 8.69. The first-order chi connectivity index (χ1) is 11.9. The molecular formula is C17H19ClN4O2S. The van der Waals surface area contributed by atoms with Gasteiger partial charge in [0.1, 0.15) is 18.1 Å². The number of aromatic nitrogens is 4. The summed E-state index contributed by atoms with van der Waals surface area (Å²) in [6, 6.07) is 7.18. The van der Waals surface area contributed by atoms with Crippen molar-refractivity contribution in [1.29, 1.82) is 0 Å². The monoisotopic (exact) mass is 378 g/mol. The number of oxazole rings is 1. The van der Waals surface area contributed by atoms with Crippen LogP contribution in [-0.4, -0.2) is 20.2 Å². The van der Waals surface area contributed by atoms with Gasteiger partial charge in [-0.3, -0.25) is 5.10 Å². The van der Waals surface area contributed by atoms with Gasteiger partial charge in [-0.1, -0.05) is 44.1 Å². The minimum absolute atomic E-state index is 0.0489. The highest BCUT2D eigenvalue weighted by Crippen LogP contribution is 2.25. The van der Waals surface area contributed by atoms with Crippen molar-refractivity contribution in [3.8, 4) is 5.75 Å². The van der Waals surface area contributed by atoms with Gasteiger partial charge >= 0.3 is 0 Å². The van der Waals surface area contributed by atoms with E-state index in [4.69, 9.17) is 20.8 Å². The largest absolute Gasteiger partial charge is 0.486 e. The maximum absolute atomic E-state index is 5.84. The molecule has 0 aliphatic heterocycles. The van der Waals surface area contributed by atoms with E-state index in [1.807, 2.05) is 12.1 Å². The molecule has 0 radical (unpaired) electrons. The molecule has 1 aromatic carbocycles. The number of thioether (sulfide) groups is 1. The molecule has 0 spiro atoms. The number of halogens is 1. The Labute approximate surface area is 155 Å². The molecule has 0 amide bonds. The van der Waals surface area contributed by atoms with E-state index < -0.39 is 0 Å². The number of benzene rings is 1. The zero-order chi connectivity index (χ0) is 17.9. The van der Waals surface area contributed by atoms with Crippen LogP contribution < -0.4 is 4.74 Å². The number of aromatic amines is 1. The summed E-state index contributed by atoms with van der Waals surface area (Å²) in [6.45, 7) is 6.58. The molecule has 0 aliphatic carbocycles. The Morgan fingerprint density at radius 3 is 2.68 bits per heavy atom. The Bertz CT molecular complexity index is 824. The summed E-state index contributed by atoms with van der Waals surface area (Å²) in [7, 11) is 0. The fourth-order valence-corrected chi connectivity index (χ4v) is 2.74. The minimum atomic E-state index is -0.0489. The van der Waals surface area contributed by atoms with E-state index in [-0.39, 0.29) is 5.41 Å². The Kier molecular flexibility index (Phi) is 5.34. The predicted octanol–water partition coefficient (Wildman–Crippen LogP) is 4.61. The molecule has 8 heteroatoms. The molecule has 0 bridgehead atoms. The van der Waals surface area contributed by atoms with E-state index in [0.717, 1.165) is 11.5 Å². The molecule has 0 fully saturated rings. The summed E-state index contributed by atoms with van der Waals surface area (Å²) in [5, 5.41) is 8.34. The standard InChI is InChI=1S/C17H19ClN4O2S/c1-17(2,3)13-8-19-15(24-13)10-25-16-20-14(21-22-16)9-23-12-6-4-11(18)5-7-12/h4-8H,9-10H2,1-3H3,(H,20,21,22). The van der Waals surface area contributed by atoms with Crippen molar-refractivity contribution in [2.45, 2.75) is 43.7 Å². The number of hydrogen-bond donors (Lipinski definition) is 1. The van der Waals surface area contributed by atoms with E-state index >= 15 is 0 Å². The minimum Gasteiger partial charge on any atom is -0.486 e. The zero-order valence-corrected chi connectivity index (χ0v) is 15.8. The highest BCUT2D eigenvalue weighted by molar-refractivity contribution is 7.98. The van der Waals surface area contributed by atoms with Gasteiger partial charge in [-0.05, 0) is 24.3 Å². The van der Waals surface area contributed by atoms with Crippen LogP contribution in [0.2, 0.25) is 5.02 Å². The van der Waals surface area contributed by atoms with Crippen molar-refractivity contribution in [2.24, 2.45) is 0 Å². The Hall–Kier alpha value is -1.99. The quantitative estimate of drug-likeness (QED) is 0.631. The molecule has 25 heavy (non-hydrogen) atoms. The van der Waals surface area contributed by atoms with Gasteiger partial charge in [0.05, 0.1) is 11.9 Å². The smallest absolute Gasteiger partial charge is 0.209 e. The van der Waals surface area contributed by atoms with Gasteiger partial charge in [-0.25, -0.2) is 9.97 Å². The van der Waals surface area contributed by atoms with Crippen molar-refractivity contribution in [2.75, 3.05) is 0 Å². The molecule has 0 saturated carbocycles. The van der Waals surface area contributed by atoms with Crippen molar-refractivity contribution >= 4 is 23.4 Å². The summed E-state index contributed by atoms with van der Waals surface area (Å²) in [5.41, 5.74) is -0.0489. The molecule has 2 aromatic heterocycles. The Morgan fingerprint density at radius 2 is 2.00 bits per heavy atom. The van der Waals surface area contributed by atoms with Crippen molar-refractivity contribution < 1.29 is 9.15 Å². The Morgan fingerprint density at radius 1 is 1.24 bits per heavy atom. The van der Waals surface area contributed by atoms with Crippen LogP contribution in [0.4, 0.5) is 0 Å². The van der Waals surface area contributed by atoms with E-state index in [0.29, 0.717) is 34.3 Å². The molecular weight excluding hydrogens is 360 g/mol. The summed E-state index contributed by atoms with van der Waals surface area (Å²) >= 11 is 7.30. The van der Waals surface area contributed by atoms with Gasteiger partial charge in [-0.2, -0.15) is 0 Å². The zero-order valence-electron chi connectivity index (χ0n) is 14.2. The van der Waals surface area contributed by atoms with Crippen LogP contribution in [0.15, 0.2) is 40.0 Å². The second-order valence-corrected chi connectivity index (χ2v) is 7.84. The van der Waals surface area contributed by atoms with Crippen LogP contribution in [0.3, 0.4) is 0 Å². The first-order valence-corrected chi connectivity index (χ1v) is 9.14. The molecule has 1 N–H and O–H groups in total. The Balaban J connectivity index is 1.51. The van der Waals surface area contributed by atoms with Crippen molar-refractivity contribution in [3.63, 3.8) is 0 Å².